The van der Waals surface area contributed by atoms with E-state index in [0.29, 0.717) is 25.8 Å². The number of nitrogens with two attached hydrogens (primary N) is 1. The highest BCUT2D eigenvalue weighted by Gasteiger charge is 2.32. The minimum atomic E-state index is -3.66. The molecule has 0 spiro atoms. The second kappa shape index (κ2) is 5.65. The van der Waals surface area contributed by atoms with Crippen molar-refractivity contribution in [1.82, 2.24) is 9.29 Å². The summed E-state index contributed by atoms with van der Waals surface area (Å²) in [4.78, 5) is 3.98. The number of rotatable bonds is 3. The number of anilines is 1. The number of hydrogen-bond acceptors (Lipinski definition) is 6. The number of pyridine rings is 1. The topological polar surface area (TPSA) is 109 Å². The Hall–Kier alpha value is -1.22. The van der Waals surface area contributed by atoms with Crippen LogP contribution in [0, 0.1) is 0 Å². The fourth-order valence-corrected chi connectivity index (χ4v) is 3.91. The van der Waals surface area contributed by atoms with Gasteiger partial charge in [0.1, 0.15) is 4.90 Å². The fraction of sp³-hybridized carbons (Fsp3) is 0.583. The van der Waals surface area contributed by atoms with Gasteiger partial charge in [0.15, 0.2) is 5.82 Å². The lowest BCUT2D eigenvalue weighted by Gasteiger charge is -2.22. The summed E-state index contributed by atoms with van der Waals surface area (Å²) in [6, 6.07) is 3.03. The molecule has 0 aliphatic carbocycles. The van der Waals surface area contributed by atoms with Crippen molar-refractivity contribution in [2.45, 2.75) is 36.7 Å². The molecule has 7 nitrogen and oxygen atoms in total. The fourth-order valence-electron chi connectivity index (χ4n) is 2.33. The summed E-state index contributed by atoms with van der Waals surface area (Å²) in [6.45, 7) is 2.41. The van der Waals surface area contributed by atoms with E-state index in [-0.39, 0.29) is 17.3 Å². The minimum Gasteiger partial charge on any atom is -0.390 e. The molecule has 0 saturated carbocycles. The van der Waals surface area contributed by atoms with Crippen molar-refractivity contribution >= 4 is 15.8 Å². The number of hydrogen-bond donors (Lipinski definition) is 3. The predicted molar refractivity (Wildman–Crippen MR) is 75.3 cm³/mol. The van der Waals surface area contributed by atoms with Gasteiger partial charge in [0.05, 0.1) is 5.60 Å². The van der Waals surface area contributed by atoms with Crippen molar-refractivity contribution in [2.75, 3.05) is 18.5 Å². The van der Waals surface area contributed by atoms with Crippen molar-refractivity contribution < 1.29 is 13.5 Å². The van der Waals surface area contributed by atoms with Crippen LogP contribution in [0.4, 0.5) is 5.82 Å². The molecule has 0 bridgehead atoms. The smallest absolute Gasteiger partial charge is 0.246 e. The van der Waals surface area contributed by atoms with E-state index in [4.69, 9.17) is 5.84 Å². The highest BCUT2D eigenvalue weighted by Crippen LogP contribution is 2.27. The SMILES string of the molecule is CC1(O)CCCN(S(=O)(=O)c2cccnc2NN)CC1. The summed E-state index contributed by atoms with van der Waals surface area (Å²) in [5.41, 5.74) is 1.49. The summed E-state index contributed by atoms with van der Waals surface area (Å²) < 4.78 is 26.7. The highest BCUT2D eigenvalue weighted by atomic mass is 32.2. The van der Waals surface area contributed by atoms with Crippen molar-refractivity contribution in [3.63, 3.8) is 0 Å². The Morgan fingerprint density at radius 1 is 1.45 bits per heavy atom. The Morgan fingerprint density at radius 2 is 2.20 bits per heavy atom. The molecule has 2 rings (SSSR count). The molecule has 1 unspecified atom stereocenters. The van der Waals surface area contributed by atoms with Crippen LogP contribution in [0.25, 0.3) is 0 Å². The molecule has 1 aromatic heterocycles. The van der Waals surface area contributed by atoms with E-state index in [2.05, 4.69) is 10.4 Å². The van der Waals surface area contributed by atoms with E-state index >= 15 is 0 Å². The van der Waals surface area contributed by atoms with Crippen molar-refractivity contribution in [3.8, 4) is 0 Å². The predicted octanol–water partition coefficient (Wildman–Crippen LogP) is 0.293. The van der Waals surface area contributed by atoms with Gasteiger partial charge in [0.2, 0.25) is 10.0 Å². The normalized spacial score (nSPS) is 25.1. The lowest BCUT2D eigenvalue weighted by atomic mass is 9.98. The summed E-state index contributed by atoms with van der Waals surface area (Å²) in [7, 11) is -3.66. The van der Waals surface area contributed by atoms with Gasteiger partial charge < -0.3 is 10.5 Å². The molecule has 0 amide bonds. The summed E-state index contributed by atoms with van der Waals surface area (Å²) in [6.07, 6.45) is 3.10. The molecular weight excluding hydrogens is 280 g/mol. The summed E-state index contributed by atoms with van der Waals surface area (Å²) in [5.74, 6) is 5.44. The Balaban J connectivity index is 2.30. The van der Waals surface area contributed by atoms with E-state index in [1.165, 1.54) is 16.6 Å². The maximum atomic E-state index is 12.6. The van der Waals surface area contributed by atoms with Crippen LogP contribution in [0.15, 0.2) is 23.2 Å². The number of hydrazine groups is 1. The molecule has 0 radical (unpaired) electrons. The zero-order chi connectivity index (χ0) is 14.8. The van der Waals surface area contributed by atoms with Gasteiger partial charge in [0, 0.05) is 19.3 Å². The molecule has 1 aromatic rings. The molecule has 112 valence electrons. The van der Waals surface area contributed by atoms with Crippen molar-refractivity contribution in [2.24, 2.45) is 5.84 Å². The van der Waals surface area contributed by atoms with Gasteiger partial charge in [-0.1, -0.05) is 0 Å². The molecule has 1 fully saturated rings. The Labute approximate surface area is 118 Å². The lowest BCUT2D eigenvalue weighted by molar-refractivity contribution is 0.0465. The minimum absolute atomic E-state index is 0.0593. The Morgan fingerprint density at radius 3 is 2.90 bits per heavy atom. The Bertz CT molecular complexity index is 574. The zero-order valence-electron chi connectivity index (χ0n) is 11.4. The van der Waals surface area contributed by atoms with Gasteiger partial charge in [-0.3, -0.25) is 0 Å². The van der Waals surface area contributed by atoms with E-state index in [9.17, 15) is 13.5 Å². The highest BCUT2D eigenvalue weighted by molar-refractivity contribution is 7.89. The summed E-state index contributed by atoms with van der Waals surface area (Å²) in [5, 5.41) is 10.0. The second-order valence-electron chi connectivity index (χ2n) is 5.25. The first-order chi connectivity index (χ1) is 9.37. The molecule has 1 atom stereocenters. The molecule has 1 aliphatic rings. The molecule has 2 heterocycles. The number of aliphatic hydroxyl groups is 1. The van der Waals surface area contributed by atoms with Crippen molar-refractivity contribution in [1.29, 1.82) is 0 Å². The number of nitrogens with one attached hydrogen (secondary N) is 1. The third-order valence-corrected chi connectivity index (χ3v) is 5.48. The third kappa shape index (κ3) is 3.09. The molecule has 1 aliphatic heterocycles. The van der Waals surface area contributed by atoms with Gasteiger partial charge in [0.25, 0.3) is 0 Å². The second-order valence-corrected chi connectivity index (χ2v) is 7.16. The monoisotopic (exact) mass is 300 g/mol. The van der Waals surface area contributed by atoms with Crippen LogP contribution < -0.4 is 11.3 Å². The van der Waals surface area contributed by atoms with Crippen LogP contribution >= 0.6 is 0 Å². The maximum Gasteiger partial charge on any atom is 0.246 e. The van der Waals surface area contributed by atoms with Gasteiger partial charge in [-0.25, -0.2) is 19.2 Å². The quantitative estimate of drug-likeness (QED) is 0.547. The Kier molecular flexibility index (Phi) is 4.28. The number of nitrogen functional groups attached to an aromatic ring is 1. The van der Waals surface area contributed by atoms with E-state index in [0.717, 1.165) is 0 Å². The number of sulfonamides is 1. The molecule has 20 heavy (non-hydrogen) atoms. The van der Waals surface area contributed by atoms with Crippen molar-refractivity contribution in [3.05, 3.63) is 18.3 Å². The van der Waals surface area contributed by atoms with Crippen LogP contribution in [0.1, 0.15) is 26.2 Å². The van der Waals surface area contributed by atoms with E-state index in [1.807, 2.05) is 0 Å². The van der Waals surface area contributed by atoms with E-state index < -0.39 is 15.6 Å². The average molecular weight is 300 g/mol. The van der Waals surface area contributed by atoms with Crippen LogP contribution in [0.3, 0.4) is 0 Å². The van der Waals surface area contributed by atoms with Crippen LogP contribution in [0.5, 0.6) is 0 Å². The van der Waals surface area contributed by atoms with Gasteiger partial charge in [-0.05, 0) is 38.3 Å². The molecule has 4 N–H and O–H groups in total. The average Bonchev–Trinajstić information content (AvgIpc) is 2.60. The largest absolute Gasteiger partial charge is 0.390 e. The van der Waals surface area contributed by atoms with Crippen LogP contribution in [-0.4, -0.2) is 41.5 Å². The lowest BCUT2D eigenvalue weighted by Crippen LogP contribution is -2.34. The number of aromatic nitrogens is 1. The zero-order valence-corrected chi connectivity index (χ0v) is 12.2. The van der Waals surface area contributed by atoms with Gasteiger partial charge in [-0.2, -0.15) is 4.31 Å². The summed E-state index contributed by atoms with van der Waals surface area (Å²) >= 11 is 0. The molecular formula is C12H20N4O3S. The van der Waals surface area contributed by atoms with Gasteiger partial charge in [-0.15, -0.1) is 0 Å². The van der Waals surface area contributed by atoms with Crippen LogP contribution in [-0.2, 0) is 10.0 Å². The maximum absolute atomic E-state index is 12.6. The standard InChI is InChI=1S/C12H20N4O3S/c1-12(17)5-3-8-16(9-6-12)20(18,19)10-4-2-7-14-11(10)15-13/h2,4,7,17H,3,5-6,8-9,13H2,1H3,(H,14,15). The third-order valence-electron chi connectivity index (χ3n) is 3.55. The van der Waals surface area contributed by atoms with Crippen LogP contribution in [0.2, 0.25) is 0 Å². The van der Waals surface area contributed by atoms with Gasteiger partial charge >= 0.3 is 0 Å². The first-order valence-electron chi connectivity index (χ1n) is 6.51. The molecule has 0 aromatic carbocycles. The molecule has 8 heteroatoms. The first kappa shape index (κ1) is 15.2. The van der Waals surface area contributed by atoms with E-state index in [1.54, 1.807) is 13.0 Å². The molecule has 1 saturated heterocycles. The number of nitrogens with zero attached hydrogens (tertiary/aromatic N) is 2. The first-order valence-corrected chi connectivity index (χ1v) is 7.95.